The Bertz CT molecular complexity index is 983. The molecule has 0 spiro atoms. The molecule has 1 fully saturated rings. The highest BCUT2D eigenvalue weighted by atomic mass is 35.5. The van der Waals surface area contributed by atoms with Gasteiger partial charge in [0.2, 0.25) is 0 Å². The van der Waals surface area contributed by atoms with Crippen molar-refractivity contribution >= 4 is 28.8 Å². The number of thiazole rings is 1. The first-order valence-corrected chi connectivity index (χ1v) is 11.8. The lowest BCUT2D eigenvalue weighted by atomic mass is 9.95. The van der Waals surface area contributed by atoms with E-state index in [2.05, 4.69) is 55.3 Å². The Morgan fingerprint density at radius 1 is 1.26 bits per heavy atom. The molecule has 0 radical (unpaired) electrons. The van der Waals surface area contributed by atoms with Crippen LogP contribution in [0.1, 0.15) is 49.9 Å². The number of amides is 1. The number of carbonyl (C=O) groups is 1. The van der Waals surface area contributed by atoms with Crippen molar-refractivity contribution < 1.29 is 14.3 Å². The van der Waals surface area contributed by atoms with E-state index in [-0.39, 0.29) is 23.5 Å². The number of aromatic nitrogens is 1. The number of rotatable bonds is 5. The van der Waals surface area contributed by atoms with Crippen molar-refractivity contribution in [3.8, 4) is 5.75 Å². The standard InChI is InChI=1S/C23H32ClN3O3S/c1-15-12-26(13-16(2)30-15)9-10-27-14-20(23(3,4)5)31-22(27)25-21(28)18-11-17(24)7-8-19(18)29-6/h7-8,11,14-16H,9-10,12-13H2,1-6H3/b25-22-/t15-,16+. The predicted molar refractivity (Wildman–Crippen MR) is 125 cm³/mol. The van der Waals surface area contributed by atoms with E-state index in [1.165, 1.54) is 12.0 Å². The molecule has 1 amide bonds. The van der Waals surface area contributed by atoms with E-state index in [0.717, 1.165) is 26.2 Å². The number of halogens is 1. The number of morpholine rings is 1. The molecule has 2 heterocycles. The summed E-state index contributed by atoms with van der Waals surface area (Å²) < 4.78 is 13.3. The Kier molecular flexibility index (Phi) is 7.63. The Morgan fingerprint density at radius 2 is 1.94 bits per heavy atom. The molecular formula is C23H32ClN3O3S. The third kappa shape index (κ3) is 6.19. The summed E-state index contributed by atoms with van der Waals surface area (Å²) in [4.78, 5) is 21.8. The molecule has 2 atom stereocenters. The molecule has 6 nitrogen and oxygen atoms in total. The molecule has 1 aromatic carbocycles. The zero-order valence-corrected chi connectivity index (χ0v) is 20.7. The second-order valence-corrected chi connectivity index (χ2v) is 10.5. The second kappa shape index (κ2) is 9.86. The molecular weight excluding hydrogens is 434 g/mol. The van der Waals surface area contributed by atoms with Gasteiger partial charge in [0.15, 0.2) is 4.80 Å². The number of hydrogen-bond acceptors (Lipinski definition) is 5. The lowest BCUT2D eigenvalue weighted by molar-refractivity contribution is -0.0685. The van der Waals surface area contributed by atoms with E-state index >= 15 is 0 Å². The van der Waals surface area contributed by atoms with Gasteiger partial charge in [0.25, 0.3) is 5.91 Å². The van der Waals surface area contributed by atoms with Gasteiger partial charge in [0.1, 0.15) is 5.75 Å². The van der Waals surface area contributed by atoms with Crippen LogP contribution in [0.15, 0.2) is 29.4 Å². The van der Waals surface area contributed by atoms with Gasteiger partial charge in [0.05, 0.1) is 24.9 Å². The highest BCUT2D eigenvalue weighted by Gasteiger charge is 2.23. The van der Waals surface area contributed by atoms with Gasteiger partial charge in [-0.25, -0.2) is 0 Å². The van der Waals surface area contributed by atoms with Crippen molar-refractivity contribution in [3.05, 3.63) is 44.7 Å². The third-order valence-electron chi connectivity index (χ3n) is 5.20. The van der Waals surface area contributed by atoms with E-state index in [9.17, 15) is 4.79 Å². The van der Waals surface area contributed by atoms with Crippen molar-refractivity contribution in [1.29, 1.82) is 0 Å². The average molecular weight is 466 g/mol. The molecule has 0 N–H and O–H groups in total. The summed E-state index contributed by atoms with van der Waals surface area (Å²) in [5.74, 6) is 0.109. The first kappa shape index (κ1) is 24.0. The fourth-order valence-corrected chi connectivity index (χ4v) is 4.93. The summed E-state index contributed by atoms with van der Waals surface area (Å²) >= 11 is 7.66. The summed E-state index contributed by atoms with van der Waals surface area (Å²) in [6.45, 7) is 14.2. The molecule has 1 aliphatic rings. The monoisotopic (exact) mass is 465 g/mol. The molecule has 170 valence electrons. The summed E-state index contributed by atoms with van der Waals surface area (Å²) in [6.07, 6.45) is 2.57. The molecule has 1 aromatic heterocycles. The van der Waals surface area contributed by atoms with Crippen molar-refractivity contribution in [2.24, 2.45) is 4.99 Å². The molecule has 31 heavy (non-hydrogen) atoms. The Balaban J connectivity index is 1.91. The molecule has 0 bridgehead atoms. The topological polar surface area (TPSA) is 56.1 Å². The zero-order chi connectivity index (χ0) is 22.8. The normalized spacial score (nSPS) is 20.8. The molecule has 3 rings (SSSR count). The number of hydrogen-bond donors (Lipinski definition) is 0. The molecule has 0 aliphatic carbocycles. The fourth-order valence-electron chi connectivity index (χ4n) is 3.68. The first-order chi connectivity index (χ1) is 14.6. The van der Waals surface area contributed by atoms with Crippen LogP contribution in [0, 0.1) is 0 Å². The van der Waals surface area contributed by atoms with Crippen LogP contribution in [-0.4, -0.2) is 54.3 Å². The van der Waals surface area contributed by atoms with Crippen LogP contribution in [0.4, 0.5) is 0 Å². The highest BCUT2D eigenvalue weighted by Crippen LogP contribution is 2.26. The Hall–Kier alpha value is -1.67. The fraction of sp³-hybridized carbons (Fsp3) is 0.565. The third-order valence-corrected chi connectivity index (χ3v) is 6.88. The quantitative estimate of drug-likeness (QED) is 0.658. The molecule has 1 saturated heterocycles. The lowest BCUT2D eigenvalue weighted by Gasteiger charge is -2.35. The summed E-state index contributed by atoms with van der Waals surface area (Å²) in [7, 11) is 1.54. The summed E-state index contributed by atoms with van der Waals surface area (Å²) in [5, 5.41) is 0.476. The van der Waals surface area contributed by atoms with Gasteiger partial charge in [-0.15, -0.1) is 11.3 Å². The predicted octanol–water partition coefficient (Wildman–Crippen LogP) is 4.36. The molecule has 0 unspecified atom stereocenters. The van der Waals surface area contributed by atoms with Gasteiger partial charge >= 0.3 is 0 Å². The Morgan fingerprint density at radius 3 is 2.55 bits per heavy atom. The van der Waals surface area contributed by atoms with E-state index in [4.69, 9.17) is 21.1 Å². The largest absolute Gasteiger partial charge is 0.496 e. The minimum atomic E-state index is -0.357. The van der Waals surface area contributed by atoms with Gasteiger partial charge in [-0.2, -0.15) is 4.99 Å². The molecule has 2 aromatic rings. The van der Waals surface area contributed by atoms with Gasteiger partial charge in [-0.05, 0) is 37.5 Å². The van der Waals surface area contributed by atoms with Crippen molar-refractivity contribution in [2.45, 2.75) is 58.8 Å². The van der Waals surface area contributed by atoms with Gasteiger partial charge in [0, 0.05) is 42.3 Å². The van der Waals surface area contributed by atoms with Crippen LogP contribution in [0.25, 0.3) is 0 Å². The second-order valence-electron chi connectivity index (χ2n) is 9.10. The van der Waals surface area contributed by atoms with E-state index in [1.54, 1.807) is 29.5 Å². The zero-order valence-electron chi connectivity index (χ0n) is 19.1. The van der Waals surface area contributed by atoms with Crippen molar-refractivity contribution in [1.82, 2.24) is 9.47 Å². The number of benzene rings is 1. The summed E-state index contributed by atoms with van der Waals surface area (Å²) in [5.41, 5.74) is 0.335. The number of nitrogens with zero attached hydrogens (tertiary/aromatic N) is 3. The van der Waals surface area contributed by atoms with Crippen LogP contribution in [0.3, 0.4) is 0 Å². The van der Waals surface area contributed by atoms with Crippen molar-refractivity contribution in [2.75, 3.05) is 26.7 Å². The Labute approximate surface area is 193 Å². The highest BCUT2D eigenvalue weighted by molar-refractivity contribution is 7.09. The van der Waals surface area contributed by atoms with Crippen LogP contribution in [0.5, 0.6) is 5.75 Å². The first-order valence-electron chi connectivity index (χ1n) is 10.6. The lowest BCUT2D eigenvalue weighted by Crippen LogP contribution is -2.46. The van der Waals surface area contributed by atoms with E-state index < -0.39 is 0 Å². The van der Waals surface area contributed by atoms with Gasteiger partial charge in [-0.1, -0.05) is 32.4 Å². The van der Waals surface area contributed by atoms with Gasteiger partial charge < -0.3 is 14.0 Å². The molecule has 8 heteroatoms. The number of ether oxygens (including phenoxy) is 2. The van der Waals surface area contributed by atoms with Crippen molar-refractivity contribution in [3.63, 3.8) is 0 Å². The number of methoxy groups -OCH3 is 1. The SMILES string of the molecule is COc1ccc(Cl)cc1C(=O)/N=c1\sc(C(C)(C)C)cn1CCN1C[C@@H](C)O[C@@H](C)C1. The van der Waals surface area contributed by atoms with Crippen LogP contribution in [-0.2, 0) is 16.7 Å². The minimum Gasteiger partial charge on any atom is -0.496 e. The van der Waals surface area contributed by atoms with Crippen LogP contribution in [0.2, 0.25) is 5.02 Å². The average Bonchev–Trinajstić information content (AvgIpc) is 3.08. The molecule has 0 saturated carbocycles. The maximum atomic E-state index is 13.0. The summed E-state index contributed by atoms with van der Waals surface area (Å²) in [6, 6.07) is 4.99. The van der Waals surface area contributed by atoms with E-state index in [1.807, 2.05) is 0 Å². The van der Waals surface area contributed by atoms with Crippen LogP contribution >= 0.6 is 22.9 Å². The van der Waals surface area contributed by atoms with E-state index in [0.29, 0.717) is 21.1 Å². The maximum Gasteiger partial charge on any atom is 0.283 e. The van der Waals surface area contributed by atoms with Crippen LogP contribution < -0.4 is 9.54 Å². The maximum absolute atomic E-state index is 13.0. The number of carbonyl (C=O) groups excluding carboxylic acids is 1. The smallest absolute Gasteiger partial charge is 0.283 e. The molecule has 1 aliphatic heterocycles. The van der Waals surface area contributed by atoms with Gasteiger partial charge in [-0.3, -0.25) is 9.69 Å². The minimum absolute atomic E-state index is 0.0288.